The van der Waals surface area contributed by atoms with Crippen LogP contribution in [0.3, 0.4) is 0 Å². The molecule has 4 saturated heterocycles. The van der Waals surface area contributed by atoms with Crippen LogP contribution < -0.4 is 35.4 Å². The van der Waals surface area contributed by atoms with Crippen LogP contribution in [-0.4, -0.2) is 205 Å². The summed E-state index contributed by atoms with van der Waals surface area (Å²) in [5.74, 6) is -6.96. The number of hydrogen-bond donors (Lipinski definition) is 8. The van der Waals surface area contributed by atoms with Crippen molar-refractivity contribution in [1.82, 2.24) is 19.4 Å². The molecule has 14 aliphatic rings. The molecule has 644 valence electrons. The number of pyridine rings is 2. The van der Waals surface area contributed by atoms with Crippen LogP contribution in [0.2, 0.25) is 0 Å². The van der Waals surface area contributed by atoms with E-state index in [1.807, 2.05) is 32.8 Å². The number of piperidine rings is 2. The van der Waals surface area contributed by atoms with E-state index in [1.165, 1.54) is 45.4 Å². The van der Waals surface area contributed by atoms with Gasteiger partial charge in [-0.25, -0.2) is 27.2 Å². The summed E-state index contributed by atoms with van der Waals surface area (Å²) in [4.78, 5) is 108. The molecule has 2 aromatic carbocycles. The minimum Gasteiger partial charge on any atom is -0.492 e. The zero-order valence-electron chi connectivity index (χ0n) is 70.1. The molecule has 24 nitrogen and oxygen atoms in total. The van der Waals surface area contributed by atoms with Crippen molar-refractivity contribution in [3.8, 4) is 11.5 Å². The number of anilines is 2. The number of aliphatic hydroxyl groups excluding tert-OH is 3. The van der Waals surface area contributed by atoms with Crippen molar-refractivity contribution in [2.75, 3.05) is 83.2 Å². The number of carboxylic acid groups (broad SMARTS) is 2. The lowest BCUT2D eigenvalue weighted by Gasteiger charge is -2.62. The number of hydrogen-bond acceptors (Lipinski definition) is 20. The number of likely N-dealkylation sites (tertiary alicyclic amines) is 1. The third kappa shape index (κ3) is 12.0. The van der Waals surface area contributed by atoms with Crippen LogP contribution in [0.4, 0.5) is 28.9 Å². The zero-order valence-corrected chi connectivity index (χ0v) is 70.1. The zero-order chi connectivity index (χ0) is 85.7. The molecule has 6 heterocycles. The SMILES string of the molecule is COc1c(N2CC3CCCN(COCC(=O)[C@@]4(O)[C@@H](C)C[C@H]5[C@@H]6CCC7=CC(=O)C=C[C@]7(C)[C@@]6(F)[C@@H](O)C[C@@]54C)C3C2)c(F)c(C)c2c(=O)c(C(=O)O)c(C)n(C3CC3)c12.COc1c(N2CC3CCCNC3C2)c(F)c(C)c2c(=O)c(C(=O)O)c(C)n(C3CC3)c12.C[C@H]1C[C@H]2[C@@H]3CCC4=CC(=O)C=C[C@]4(C)[C@@]3(F)[C@@H](O)C[C@]2(C)[C@@]1(O)C(=O)CO. The van der Waals surface area contributed by atoms with Crippen LogP contribution in [-0.2, 0) is 23.9 Å². The van der Waals surface area contributed by atoms with Gasteiger partial charge in [-0.1, -0.05) is 51.0 Å². The van der Waals surface area contributed by atoms with E-state index >= 15 is 17.6 Å². The van der Waals surface area contributed by atoms with E-state index in [0.29, 0.717) is 122 Å². The van der Waals surface area contributed by atoms with Gasteiger partial charge in [0.2, 0.25) is 10.9 Å². The number of ether oxygens (including phenoxy) is 3. The van der Waals surface area contributed by atoms with Gasteiger partial charge in [0.1, 0.15) is 46.9 Å². The van der Waals surface area contributed by atoms with Crippen molar-refractivity contribution in [3.05, 3.63) is 113 Å². The number of aliphatic hydroxyl groups is 5. The molecule has 8 saturated carbocycles. The van der Waals surface area contributed by atoms with Crippen LogP contribution in [0.25, 0.3) is 21.8 Å². The van der Waals surface area contributed by atoms with Gasteiger partial charge in [-0.2, -0.15) is 0 Å². The predicted octanol–water partition coefficient (Wildman–Crippen LogP) is 10.5. The van der Waals surface area contributed by atoms with Crippen LogP contribution in [0.1, 0.15) is 200 Å². The van der Waals surface area contributed by atoms with Gasteiger partial charge in [-0.3, -0.25) is 33.7 Å². The molecule has 12 fully saturated rings. The molecule has 4 aliphatic heterocycles. The summed E-state index contributed by atoms with van der Waals surface area (Å²) < 4.78 is 88.7. The van der Waals surface area contributed by atoms with E-state index < -0.39 is 133 Å². The Morgan fingerprint density at radius 1 is 0.588 bits per heavy atom. The normalized spacial score (nSPS) is 37.3. The molecule has 28 heteroatoms. The Labute approximate surface area is 688 Å². The molecule has 8 N–H and O–H groups in total. The van der Waals surface area contributed by atoms with Gasteiger partial charge in [0.05, 0.1) is 55.0 Å². The molecule has 119 heavy (non-hydrogen) atoms. The highest BCUT2D eigenvalue weighted by molar-refractivity contribution is 6.04. The number of allylic oxidation sites excluding steroid dienone is 8. The van der Waals surface area contributed by atoms with Crippen LogP contribution in [0, 0.1) is 108 Å². The molecule has 0 bridgehead atoms. The number of nitrogens with zero attached hydrogens (tertiary/aromatic N) is 5. The Morgan fingerprint density at radius 3 is 1.45 bits per heavy atom. The second kappa shape index (κ2) is 29.7. The third-order valence-electron chi connectivity index (χ3n) is 32.7. The smallest absolute Gasteiger partial charge is 0.341 e. The highest BCUT2D eigenvalue weighted by atomic mass is 19.2. The summed E-state index contributed by atoms with van der Waals surface area (Å²) in [5.41, 5.74) is -10.2. The number of methoxy groups -OCH3 is 2. The quantitative estimate of drug-likeness (QED) is 0.0513. The minimum atomic E-state index is -2.07. The van der Waals surface area contributed by atoms with E-state index in [4.69, 9.17) is 14.2 Å². The van der Waals surface area contributed by atoms with Gasteiger partial charge in [-0.05, 0) is 211 Å². The number of aromatic carboxylic acids is 2. The van der Waals surface area contributed by atoms with Crippen molar-refractivity contribution in [3.63, 3.8) is 0 Å². The second-order valence-electron chi connectivity index (χ2n) is 38.4. The number of nitrogens with one attached hydrogen (secondary N) is 1. The topological polar surface area (TPSA) is 337 Å². The minimum absolute atomic E-state index is 0.0165. The van der Waals surface area contributed by atoms with E-state index in [2.05, 4.69) is 10.2 Å². The number of fused-ring (bicyclic) bond motifs is 14. The number of ketones is 4. The fraction of sp³-hybridized carbons (Fsp3) is 0.648. The van der Waals surface area contributed by atoms with Crippen molar-refractivity contribution >= 4 is 68.3 Å². The van der Waals surface area contributed by atoms with Gasteiger partial charge in [0.25, 0.3) is 0 Å². The highest BCUT2D eigenvalue weighted by Crippen LogP contribution is 2.73. The van der Waals surface area contributed by atoms with Crippen molar-refractivity contribution < 1.29 is 96.3 Å². The number of aromatic nitrogens is 2. The van der Waals surface area contributed by atoms with Crippen molar-refractivity contribution in [1.29, 1.82) is 0 Å². The van der Waals surface area contributed by atoms with Crippen molar-refractivity contribution in [2.24, 2.45) is 69.0 Å². The fourth-order valence-electron chi connectivity index (χ4n) is 26.4. The van der Waals surface area contributed by atoms with Crippen LogP contribution in [0.5, 0.6) is 11.5 Å². The van der Waals surface area contributed by atoms with E-state index in [9.17, 15) is 74.1 Å². The number of carbonyl (C=O) groups is 6. The molecule has 0 amide bonds. The third-order valence-corrected chi connectivity index (χ3v) is 32.7. The lowest BCUT2D eigenvalue weighted by atomic mass is 9.44. The van der Waals surface area contributed by atoms with Crippen molar-refractivity contribution in [2.45, 2.75) is 231 Å². The second-order valence-corrected chi connectivity index (χ2v) is 38.4. The Balaban J connectivity index is 0.000000149. The van der Waals surface area contributed by atoms with E-state index in [1.54, 1.807) is 60.6 Å². The molecule has 20 atom stereocenters. The highest BCUT2D eigenvalue weighted by Gasteiger charge is 2.78. The predicted molar refractivity (Wildman–Crippen MR) is 435 cm³/mol. The fourth-order valence-corrected chi connectivity index (χ4v) is 26.4. The maximum atomic E-state index is 17.7. The summed E-state index contributed by atoms with van der Waals surface area (Å²) in [6, 6.07) is 0.316. The summed E-state index contributed by atoms with van der Waals surface area (Å²) in [5, 5.41) is 79.6. The summed E-state index contributed by atoms with van der Waals surface area (Å²) in [7, 11) is 2.94. The van der Waals surface area contributed by atoms with Gasteiger partial charge in [0.15, 0.2) is 57.6 Å². The molecule has 2 aromatic heterocycles. The van der Waals surface area contributed by atoms with Gasteiger partial charge >= 0.3 is 11.9 Å². The number of rotatable bonds is 15. The van der Waals surface area contributed by atoms with E-state index in [-0.39, 0.29) is 118 Å². The Kier molecular flexibility index (Phi) is 21.1. The molecule has 0 radical (unpaired) electrons. The number of carbonyl (C=O) groups excluding carboxylic acids is 4. The number of halogens is 4. The maximum absolute atomic E-state index is 17.7. The lowest BCUT2D eigenvalue weighted by molar-refractivity contribution is -0.220. The average molecular weight is 1660 g/mol. The monoisotopic (exact) mass is 1650 g/mol. The standard InChI is InChI=1S/C46H57F2N3O9.C23H28FN3O4.C22H29FO5/c1-23-16-31-30-12-9-27-17-29(52)13-14-43(27,4)45(30,48)33(53)18-44(31,5)46(23,58)34(54)21-60-22-49-15-7-8-26-19-50(20-32(26)49)39-37(47)24(2)35-38(41(39)59-6)51(28-10-11-28)25(3)36(40(35)55)42(56)57;1-11-16-19(27(14-6-7-14)12(2)17(21(16)28)23(29)30)22(31-3)20(18(11)24)26-9-13-5-4-8-25-15(13)10-26;1-12-8-16-15-5-4-13-9-14(25)6-7-19(13,2)21(15,23)17(26)10-20(16,3)22(12,28)18(27)11-24/h13-14,17,23,26,28,30-33,53,58H,7-12,15-16,18-22H2,1-6H3,(H,56,57);13-15,25H,4-10H2,1-3H3,(H,29,30);6-7,9,12,15-17,24,26,28H,4-5,8,10-11H2,1-3H3/t23-,26?,30-,31-,32?,33-,43-,44-,45-,46-;;12-,15-,16-,17-,19-,20-,21-,22-/m0.0/s1. The molecule has 18 rings (SSSR count). The van der Waals surface area contributed by atoms with Gasteiger partial charge in [0, 0.05) is 113 Å². The molecule has 0 spiro atoms. The molecular weight excluding hydrogens is 1540 g/mol. The maximum Gasteiger partial charge on any atom is 0.341 e. The first-order valence-corrected chi connectivity index (χ1v) is 42.8. The largest absolute Gasteiger partial charge is 0.492 e. The molecule has 4 aromatic rings. The van der Waals surface area contributed by atoms with Crippen LogP contribution in [0.15, 0.2) is 57.2 Å². The first kappa shape index (κ1) is 84.6. The molecular formula is C91H114F4N6O18. The Morgan fingerprint density at radius 2 is 1.03 bits per heavy atom. The van der Waals surface area contributed by atoms with Crippen LogP contribution >= 0.6 is 0 Å². The first-order chi connectivity index (χ1) is 56.2. The number of aryl methyl sites for hydroxylation is 2. The van der Waals surface area contributed by atoms with Gasteiger partial charge in [-0.15, -0.1) is 0 Å². The number of alkyl halides is 2. The van der Waals surface area contributed by atoms with E-state index in [0.717, 1.165) is 64.5 Å². The number of carboxylic acids is 2. The number of benzene rings is 2. The summed E-state index contributed by atoms with van der Waals surface area (Å²) in [6.07, 6.45) is 16.0. The molecule has 4 unspecified atom stereocenters. The summed E-state index contributed by atoms with van der Waals surface area (Å²) in [6.45, 7) is 20.0. The Bertz CT molecular complexity index is 5230. The lowest BCUT2D eigenvalue weighted by Crippen LogP contribution is -2.69. The Hall–Kier alpha value is -7.96. The van der Waals surface area contributed by atoms with Gasteiger partial charge < -0.3 is 74.2 Å². The average Bonchev–Trinajstić information content (AvgIpc) is 1.58. The first-order valence-electron chi connectivity index (χ1n) is 42.8. The molecule has 10 aliphatic carbocycles. The summed E-state index contributed by atoms with van der Waals surface area (Å²) >= 11 is 0. The number of Topliss-reactive ketones (excluding diaryl/α,β-unsaturated/α-hetero) is 2.